The van der Waals surface area contributed by atoms with Crippen LogP contribution in [0, 0.1) is 18.7 Å². The first-order valence-corrected chi connectivity index (χ1v) is 6.20. The number of hydrogen-bond acceptors (Lipinski definition) is 1. The fourth-order valence-corrected chi connectivity index (χ4v) is 2.63. The van der Waals surface area contributed by atoms with Crippen molar-refractivity contribution in [1.82, 2.24) is 5.32 Å². The monoisotopic (exact) mass is 221 g/mol. The lowest BCUT2D eigenvalue weighted by Gasteiger charge is -2.31. The van der Waals surface area contributed by atoms with Gasteiger partial charge >= 0.3 is 0 Å². The minimum atomic E-state index is -0.135. The van der Waals surface area contributed by atoms with Gasteiger partial charge in [0.2, 0.25) is 0 Å². The molecule has 16 heavy (non-hydrogen) atoms. The predicted octanol–water partition coefficient (Wildman–Crippen LogP) is 3.58. The number of rotatable bonds is 2. The van der Waals surface area contributed by atoms with Gasteiger partial charge in [-0.15, -0.1) is 0 Å². The molecular weight excluding hydrogens is 201 g/mol. The number of piperidine rings is 1. The molecule has 0 radical (unpaired) electrons. The molecular formula is C14H20FN. The highest BCUT2D eigenvalue weighted by Gasteiger charge is 2.22. The average Bonchev–Trinajstić information content (AvgIpc) is 2.29. The third-order valence-corrected chi connectivity index (χ3v) is 3.70. The third kappa shape index (κ3) is 2.43. The summed E-state index contributed by atoms with van der Waals surface area (Å²) in [5.74, 6) is 0.680. The Labute approximate surface area is 97.1 Å². The van der Waals surface area contributed by atoms with Crippen LogP contribution in [0.1, 0.15) is 43.4 Å². The van der Waals surface area contributed by atoms with Crippen LogP contribution in [0.4, 0.5) is 4.39 Å². The van der Waals surface area contributed by atoms with Crippen LogP contribution in [0.2, 0.25) is 0 Å². The van der Waals surface area contributed by atoms with Gasteiger partial charge in [-0.2, -0.15) is 0 Å². The molecule has 1 aliphatic heterocycles. The van der Waals surface area contributed by atoms with Crippen LogP contribution in [0.25, 0.3) is 0 Å². The summed E-state index contributed by atoms with van der Waals surface area (Å²) in [6.07, 6.45) is 3.70. The van der Waals surface area contributed by atoms with Gasteiger partial charge in [-0.3, -0.25) is 0 Å². The van der Waals surface area contributed by atoms with Crippen molar-refractivity contribution >= 4 is 0 Å². The molecule has 2 heteroatoms. The molecule has 1 saturated heterocycles. The lowest BCUT2D eigenvalue weighted by Crippen LogP contribution is -2.32. The number of nitrogens with one attached hydrogen (secondary N) is 1. The molecule has 1 nitrogen and oxygen atoms in total. The quantitative estimate of drug-likeness (QED) is 0.804. The summed E-state index contributed by atoms with van der Waals surface area (Å²) in [5.41, 5.74) is 2.33. The first-order chi connectivity index (χ1) is 7.70. The Morgan fingerprint density at radius 1 is 1.44 bits per heavy atom. The summed E-state index contributed by atoms with van der Waals surface area (Å²) >= 11 is 0. The predicted molar refractivity (Wildman–Crippen MR) is 64.9 cm³/mol. The smallest absolute Gasteiger partial charge is 0.123 e. The van der Waals surface area contributed by atoms with E-state index in [0.29, 0.717) is 6.04 Å². The zero-order chi connectivity index (χ0) is 11.5. The largest absolute Gasteiger partial charge is 0.310 e. The van der Waals surface area contributed by atoms with E-state index < -0.39 is 0 Å². The summed E-state index contributed by atoms with van der Waals surface area (Å²) in [5, 5.41) is 3.54. The molecule has 2 atom stereocenters. The van der Waals surface area contributed by atoms with Crippen molar-refractivity contribution in [2.24, 2.45) is 5.92 Å². The molecule has 1 N–H and O–H groups in total. The maximum atomic E-state index is 13.0. The van der Waals surface area contributed by atoms with E-state index in [1.807, 2.05) is 13.0 Å². The third-order valence-electron chi connectivity index (χ3n) is 3.70. The molecule has 2 unspecified atom stereocenters. The molecule has 1 aromatic rings. The maximum absolute atomic E-state index is 13.0. The van der Waals surface area contributed by atoms with E-state index >= 15 is 0 Å². The van der Waals surface area contributed by atoms with Crippen molar-refractivity contribution in [1.29, 1.82) is 0 Å². The first kappa shape index (κ1) is 11.6. The van der Waals surface area contributed by atoms with Crippen molar-refractivity contribution in [3.8, 4) is 0 Å². The normalized spacial score (nSPS) is 25.7. The highest BCUT2D eigenvalue weighted by molar-refractivity contribution is 5.29. The summed E-state index contributed by atoms with van der Waals surface area (Å²) in [6, 6.07) is 5.55. The second kappa shape index (κ2) is 4.96. The van der Waals surface area contributed by atoms with Crippen LogP contribution in [-0.2, 0) is 0 Å². The van der Waals surface area contributed by atoms with E-state index in [1.54, 1.807) is 12.1 Å². The maximum Gasteiger partial charge on any atom is 0.123 e. The Hall–Kier alpha value is -0.890. The standard InChI is InChI=1S/C14H20FN/c1-3-11-6-7-16-14(9-11)13-5-4-12(15)8-10(13)2/h4-5,8,11,14,16H,3,6-7,9H2,1-2H3. The van der Waals surface area contributed by atoms with Gasteiger partial charge in [-0.1, -0.05) is 19.4 Å². The van der Waals surface area contributed by atoms with Gasteiger partial charge in [-0.25, -0.2) is 4.39 Å². The lowest BCUT2D eigenvalue weighted by atomic mass is 9.86. The molecule has 0 saturated carbocycles. The van der Waals surface area contributed by atoms with E-state index in [9.17, 15) is 4.39 Å². The van der Waals surface area contributed by atoms with Gasteiger partial charge in [0.1, 0.15) is 5.82 Å². The minimum Gasteiger partial charge on any atom is -0.310 e. The van der Waals surface area contributed by atoms with Crippen LogP contribution in [0.5, 0.6) is 0 Å². The highest BCUT2D eigenvalue weighted by Crippen LogP contribution is 2.30. The second-order valence-corrected chi connectivity index (χ2v) is 4.81. The molecule has 0 bridgehead atoms. The van der Waals surface area contributed by atoms with Crippen molar-refractivity contribution in [3.05, 3.63) is 35.1 Å². The molecule has 1 fully saturated rings. The molecule has 1 heterocycles. The summed E-state index contributed by atoms with van der Waals surface area (Å²) < 4.78 is 13.0. The zero-order valence-electron chi connectivity index (χ0n) is 10.1. The average molecular weight is 221 g/mol. The van der Waals surface area contributed by atoms with Crippen molar-refractivity contribution in [2.45, 2.75) is 39.2 Å². The molecule has 88 valence electrons. The molecule has 2 rings (SSSR count). The van der Waals surface area contributed by atoms with Crippen LogP contribution >= 0.6 is 0 Å². The van der Waals surface area contributed by atoms with Crippen LogP contribution in [0.3, 0.4) is 0 Å². The van der Waals surface area contributed by atoms with Crippen molar-refractivity contribution in [2.75, 3.05) is 6.54 Å². The van der Waals surface area contributed by atoms with E-state index in [0.717, 1.165) is 18.0 Å². The van der Waals surface area contributed by atoms with E-state index in [-0.39, 0.29) is 5.82 Å². The summed E-state index contributed by atoms with van der Waals surface area (Å²) in [4.78, 5) is 0. The molecule has 1 aromatic carbocycles. The fraction of sp³-hybridized carbons (Fsp3) is 0.571. The highest BCUT2D eigenvalue weighted by atomic mass is 19.1. The molecule has 0 amide bonds. The Morgan fingerprint density at radius 2 is 2.25 bits per heavy atom. The molecule has 0 aromatic heterocycles. The summed E-state index contributed by atoms with van der Waals surface area (Å²) in [6.45, 7) is 5.33. The molecule has 0 aliphatic carbocycles. The molecule has 1 aliphatic rings. The number of hydrogen-bond donors (Lipinski definition) is 1. The zero-order valence-corrected chi connectivity index (χ0v) is 10.1. The van der Waals surface area contributed by atoms with Gasteiger partial charge in [-0.05, 0) is 55.5 Å². The van der Waals surface area contributed by atoms with Gasteiger partial charge in [0.05, 0.1) is 0 Å². The summed E-state index contributed by atoms with van der Waals surface area (Å²) in [7, 11) is 0. The van der Waals surface area contributed by atoms with E-state index in [2.05, 4.69) is 12.2 Å². The lowest BCUT2D eigenvalue weighted by molar-refractivity contribution is 0.298. The van der Waals surface area contributed by atoms with Crippen LogP contribution in [-0.4, -0.2) is 6.54 Å². The first-order valence-electron chi connectivity index (χ1n) is 6.20. The van der Waals surface area contributed by atoms with Gasteiger partial charge in [0, 0.05) is 6.04 Å². The number of benzene rings is 1. The number of aryl methyl sites for hydroxylation is 1. The Balaban J connectivity index is 2.16. The van der Waals surface area contributed by atoms with Crippen LogP contribution in [0.15, 0.2) is 18.2 Å². The fourth-order valence-electron chi connectivity index (χ4n) is 2.63. The SMILES string of the molecule is CCC1CCNC(c2ccc(F)cc2C)C1. The van der Waals surface area contributed by atoms with Crippen molar-refractivity contribution < 1.29 is 4.39 Å². The van der Waals surface area contributed by atoms with E-state index in [4.69, 9.17) is 0 Å². The Bertz CT molecular complexity index is 362. The second-order valence-electron chi connectivity index (χ2n) is 4.81. The topological polar surface area (TPSA) is 12.0 Å². The molecule has 0 spiro atoms. The van der Waals surface area contributed by atoms with Gasteiger partial charge < -0.3 is 5.32 Å². The minimum absolute atomic E-state index is 0.135. The Morgan fingerprint density at radius 3 is 2.94 bits per heavy atom. The van der Waals surface area contributed by atoms with Crippen LogP contribution < -0.4 is 5.32 Å². The van der Waals surface area contributed by atoms with Crippen molar-refractivity contribution in [3.63, 3.8) is 0 Å². The van der Waals surface area contributed by atoms with Gasteiger partial charge in [0.15, 0.2) is 0 Å². The van der Waals surface area contributed by atoms with E-state index in [1.165, 1.54) is 24.8 Å². The number of halogens is 1. The van der Waals surface area contributed by atoms with Gasteiger partial charge in [0.25, 0.3) is 0 Å². The Kier molecular flexibility index (Phi) is 3.59.